The molecule has 0 aliphatic carbocycles. The molecule has 1 heterocycles. The van der Waals surface area contributed by atoms with E-state index >= 15 is 0 Å². The molecule has 0 aromatic heterocycles. The van der Waals surface area contributed by atoms with Crippen molar-refractivity contribution in [2.45, 2.75) is 23.5 Å². The van der Waals surface area contributed by atoms with Crippen molar-refractivity contribution in [1.29, 1.82) is 0 Å². The average Bonchev–Trinajstić information content (AvgIpc) is 2.81. The fraction of sp³-hybridized carbons (Fsp3) is 0.278. The SMILES string of the molecule is CC(Sc1ccc2c(c1)OCCCO2)C(=O)Nc1ccccc1Cl. The zero-order valence-electron chi connectivity index (χ0n) is 13.3. The Labute approximate surface area is 150 Å². The number of rotatable bonds is 4. The molecule has 4 nitrogen and oxygen atoms in total. The number of thioether (sulfide) groups is 1. The molecule has 0 spiro atoms. The van der Waals surface area contributed by atoms with Gasteiger partial charge in [0.2, 0.25) is 5.91 Å². The maximum atomic E-state index is 12.4. The molecule has 0 fully saturated rings. The van der Waals surface area contributed by atoms with Gasteiger partial charge in [-0.05, 0) is 37.3 Å². The van der Waals surface area contributed by atoms with Crippen LogP contribution in [0.4, 0.5) is 5.69 Å². The number of ether oxygens (including phenoxy) is 2. The summed E-state index contributed by atoms with van der Waals surface area (Å²) < 4.78 is 11.3. The Bertz CT molecular complexity index is 738. The first-order valence-electron chi connectivity index (χ1n) is 7.75. The number of anilines is 1. The van der Waals surface area contributed by atoms with Gasteiger partial charge in [-0.25, -0.2) is 0 Å². The highest BCUT2D eigenvalue weighted by molar-refractivity contribution is 8.00. The van der Waals surface area contributed by atoms with Gasteiger partial charge in [0.25, 0.3) is 0 Å². The van der Waals surface area contributed by atoms with Gasteiger partial charge in [-0.2, -0.15) is 0 Å². The van der Waals surface area contributed by atoms with Gasteiger partial charge in [0, 0.05) is 11.3 Å². The molecule has 24 heavy (non-hydrogen) atoms. The van der Waals surface area contributed by atoms with Crippen LogP contribution in [0.5, 0.6) is 11.5 Å². The van der Waals surface area contributed by atoms with E-state index in [1.165, 1.54) is 11.8 Å². The fourth-order valence-corrected chi connectivity index (χ4v) is 3.35. The number of benzene rings is 2. The molecule has 2 aromatic carbocycles. The van der Waals surface area contributed by atoms with Crippen LogP contribution in [-0.2, 0) is 4.79 Å². The van der Waals surface area contributed by atoms with Crippen molar-refractivity contribution in [2.24, 2.45) is 0 Å². The topological polar surface area (TPSA) is 47.6 Å². The zero-order chi connectivity index (χ0) is 16.9. The van der Waals surface area contributed by atoms with Crippen LogP contribution in [0.25, 0.3) is 0 Å². The summed E-state index contributed by atoms with van der Waals surface area (Å²) in [4.78, 5) is 13.3. The molecule has 6 heteroatoms. The Balaban J connectivity index is 1.66. The second kappa shape index (κ2) is 7.81. The van der Waals surface area contributed by atoms with Gasteiger partial charge in [0.05, 0.1) is 29.2 Å². The molecule has 1 N–H and O–H groups in total. The van der Waals surface area contributed by atoms with Crippen LogP contribution in [0.3, 0.4) is 0 Å². The first kappa shape index (κ1) is 17.0. The molecule has 0 bridgehead atoms. The molecule has 1 aliphatic rings. The maximum absolute atomic E-state index is 12.4. The summed E-state index contributed by atoms with van der Waals surface area (Å²) in [6.07, 6.45) is 0.869. The summed E-state index contributed by atoms with van der Waals surface area (Å²) >= 11 is 7.54. The lowest BCUT2D eigenvalue weighted by Gasteiger charge is -2.14. The van der Waals surface area contributed by atoms with Gasteiger partial charge >= 0.3 is 0 Å². The summed E-state index contributed by atoms with van der Waals surface area (Å²) in [5.41, 5.74) is 0.621. The summed E-state index contributed by atoms with van der Waals surface area (Å²) in [7, 11) is 0. The van der Waals surface area contributed by atoms with E-state index in [1.54, 1.807) is 12.1 Å². The molecule has 1 amide bonds. The van der Waals surface area contributed by atoms with E-state index in [0.717, 1.165) is 22.8 Å². The summed E-state index contributed by atoms with van der Waals surface area (Å²) in [5.74, 6) is 1.39. The molecule has 1 aliphatic heterocycles. The monoisotopic (exact) mass is 363 g/mol. The number of carbonyl (C=O) groups is 1. The standard InChI is InChI=1S/C18H18ClNO3S/c1-12(18(21)20-15-6-3-2-5-14(15)19)24-13-7-8-16-17(11-13)23-10-4-9-22-16/h2-3,5-8,11-12H,4,9-10H2,1H3,(H,20,21). The van der Waals surface area contributed by atoms with E-state index in [-0.39, 0.29) is 11.2 Å². The zero-order valence-corrected chi connectivity index (χ0v) is 14.8. The minimum absolute atomic E-state index is 0.0970. The highest BCUT2D eigenvalue weighted by Crippen LogP contribution is 2.35. The van der Waals surface area contributed by atoms with Crippen LogP contribution in [0.2, 0.25) is 5.02 Å². The number of nitrogens with one attached hydrogen (secondary N) is 1. The smallest absolute Gasteiger partial charge is 0.237 e. The Morgan fingerprint density at radius 2 is 1.92 bits per heavy atom. The van der Waals surface area contributed by atoms with Gasteiger partial charge in [-0.3, -0.25) is 4.79 Å². The van der Waals surface area contributed by atoms with Crippen molar-refractivity contribution >= 4 is 35.0 Å². The van der Waals surface area contributed by atoms with Gasteiger partial charge in [-0.15, -0.1) is 11.8 Å². The van der Waals surface area contributed by atoms with Crippen molar-refractivity contribution in [3.05, 3.63) is 47.5 Å². The molecule has 0 saturated carbocycles. The van der Waals surface area contributed by atoms with E-state index < -0.39 is 0 Å². The number of carbonyl (C=O) groups excluding carboxylic acids is 1. The number of para-hydroxylation sites is 1. The van der Waals surface area contributed by atoms with Crippen LogP contribution >= 0.6 is 23.4 Å². The van der Waals surface area contributed by atoms with Crippen molar-refractivity contribution in [1.82, 2.24) is 0 Å². The second-order valence-electron chi connectivity index (χ2n) is 5.39. The minimum atomic E-state index is -0.272. The van der Waals surface area contributed by atoms with Crippen molar-refractivity contribution in [3.8, 4) is 11.5 Å². The number of fused-ring (bicyclic) bond motifs is 1. The van der Waals surface area contributed by atoms with Crippen molar-refractivity contribution in [3.63, 3.8) is 0 Å². The lowest BCUT2D eigenvalue weighted by atomic mass is 10.3. The molecule has 1 unspecified atom stereocenters. The highest BCUT2D eigenvalue weighted by Gasteiger charge is 2.17. The van der Waals surface area contributed by atoms with E-state index in [2.05, 4.69) is 5.32 Å². The normalized spacial score (nSPS) is 14.6. The molecule has 126 valence electrons. The number of hydrogen-bond donors (Lipinski definition) is 1. The summed E-state index contributed by atoms with van der Waals surface area (Å²) in [5, 5.41) is 3.11. The lowest BCUT2D eigenvalue weighted by Crippen LogP contribution is -2.22. The molecule has 0 radical (unpaired) electrons. The predicted molar refractivity (Wildman–Crippen MR) is 97.4 cm³/mol. The third-order valence-electron chi connectivity index (χ3n) is 3.53. The average molecular weight is 364 g/mol. The van der Waals surface area contributed by atoms with Crippen LogP contribution in [-0.4, -0.2) is 24.4 Å². The maximum Gasteiger partial charge on any atom is 0.237 e. The van der Waals surface area contributed by atoms with E-state index in [9.17, 15) is 4.79 Å². The largest absolute Gasteiger partial charge is 0.490 e. The second-order valence-corrected chi connectivity index (χ2v) is 7.21. The first-order valence-corrected chi connectivity index (χ1v) is 9.01. The molecular weight excluding hydrogens is 346 g/mol. The Hall–Kier alpha value is -1.85. The third-order valence-corrected chi connectivity index (χ3v) is 4.96. The van der Waals surface area contributed by atoms with Gasteiger partial charge in [0.1, 0.15) is 0 Å². The Morgan fingerprint density at radius 1 is 1.17 bits per heavy atom. The van der Waals surface area contributed by atoms with Gasteiger partial charge < -0.3 is 14.8 Å². The Kier molecular flexibility index (Phi) is 5.53. The molecular formula is C18H18ClNO3S. The van der Waals surface area contributed by atoms with Gasteiger partial charge in [-0.1, -0.05) is 23.7 Å². The molecule has 1 atom stereocenters. The number of amides is 1. The van der Waals surface area contributed by atoms with Crippen LogP contribution in [0.1, 0.15) is 13.3 Å². The van der Waals surface area contributed by atoms with Crippen molar-refractivity contribution < 1.29 is 14.3 Å². The van der Waals surface area contributed by atoms with E-state index in [1.807, 2.05) is 37.3 Å². The number of hydrogen-bond acceptors (Lipinski definition) is 4. The lowest BCUT2D eigenvalue weighted by molar-refractivity contribution is -0.115. The molecule has 2 aromatic rings. The van der Waals surface area contributed by atoms with Crippen LogP contribution in [0, 0.1) is 0 Å². The van der Waals surface area contributed by atoms with Gasteiger partial charge in [0.15, 0.2) is 11.5 Å². The summed E-state index contributed by atoms with van der Waals surface area (Å²) in [6, 6.07) is 12.9. The number of halogens is 1. The van der Waals surface area contributed by atoms with Crippen molar-refractivity contribution in [2.75, 3.05) is 18.5 Å². The molecule has 0 saturated heterocycles. The minimum Gasteiger partial charge on any atom is -0.490 e. The third kappa shape index (κ3) is 4.16. The Morgan fingerprint density at radius 3 is 2.71 bits per heavy atom. The first-order chi connectivity index (χ1) is 11.6. The molecule has 3 rings (SSSR count). The quantitative estimate of drug-likeness (QED) is 0.805. The fourth-order valence-electron chi connectivity index (χ4n) is 2.27. The van der Waals surface area contributed by atoms with E-state index in [4.69, 9.17) is 21.1 Å². The summed E-state index contributed by atoms with van der Waals surface area (Å²) in [6.45, 7) is 3.17. The van der Waals surface area contributed by atoms with E-state index in [0.29, 0.717) is 23.9 Å². The van der Waals surface area contributed by atoms with Crippen LogP contribution in [0.15, 0.2) is 47.4 Å². The predicted octanol–water partition coefficient (Wildman–Crippen LogP) is 4.62. The van der Waals surface area contributed by atoms with Crippen LogP contribution < -0.4 is 14.8 Å². The highest BCUT2D eigenvalue weighted by atomic mass is 35.5.